The second kappa shape index (κ2) is 23.0. The highest BCUT2D eigenvalue weighted by Gasteiger charge is 2.47. The van der Waals surface area contributed by atoms with Crippen LogP contribution < -0.4 is 5.32 Å². The van der Waals surface area contributed by atoms with Gasteiger partial charge in [0, 0.05) is 13.2 Å². The molecule has 0 saturated carbocycles. The molecule has 1 heterocycles. The van der Waals surface area contributed by atoms with Crippen molar-refractivity contribution in [1.82, 2.24) is 5.32 Å². The van der Waals surface area contributed by atoms with Gasteiger partial charge in [-0.2, -0.15) is 0 Å². The van der Waals surface area contributed by atoms with Crippen molar-refractivity contribution in [2.24, 2.45) is 0 Å². The Morgan fingerprint density at radius 3 is 1.80 bits per heavy atom. The van der Waals surface area contributed by atoms with Gasteiger partial charge in [-0.05, 0) is 63.9 Å². The molecule has 312 valence electrons. The van der Waals surface area contributed by atoms with E-state index in [1.54, 1.807) is 0 Å². The lowest BCUT2D eigenvalue weighted by atomic mass is 9.98. The first-order chi connectivity index (χ1) is 29.6. The molecule has 0 bridgehead atoms. The van der Waals surface area contributed by atoms with Crippen LogP contribution in [0.1, 0.15) is 47.1 Å². The summed E-state index contributed by atoms with van der Waals surface area (Å²) in [7, 11) is 0. The van der Waals surface area contributed by atoms with Gasteiger partial charge in [0.05, 0.1) is 26.4 Å². The normalized spacial score (nSPS) is 19.5. The predicted molar refractivity (Wildman–Crippen MR) is 231 cm³/mol. The third kappa shape index (κ3) is 12.9. The molecule has 7 rings (SSSR count). The van der Waals surface area contributed by atoms with E-state index in [0.29, 0.717) is 39.0 Å². The zero-order chi connectivity index (χ0) is 41.2. The molecule has 9 heteroatoms. The van der Waals surface area contributed by atoms with Crippen LogP contribution in [-0.2, 0) is 66.2 Å². The number of ether oxygens (including phenoxy) is 6. The molecule has 6 aromatic rings. The van der Waals surface area contributed by atoms with Crippen molar-refractivity contribution in [2.45, 2.75) is 89.0 Å². The SMILES string of the molecule is O=C(OCc1ccccc1)C(CCCCO[C@@H]1O[C@H](COCc2ccc3ccccc3c2)[C@@H](OCc2ccccc2)[C@H](OCc2ccccc2)[C@H]1O)NCc1ccccc1. The van der Waals surface area contributed by atoms with Crippen LogP contribution in [0.25, 0.3) is 10.8 Å². The molecular weight excluding hydrogens is 755 g/mol. The van der Waals surface area contributed by atoms with E-state index >= 15 is 0 Å². The molecule has 6 atom stereocenters. The Bertz CT molecular complexity index is 2140. The number of carbonyl (C=O) groups excluding carboxylic acids is 1. The second-order valence-corrected chi connectivity index (χ2v) is 15.1. The molecule has 2 N–H and O–H groups in total. The number of rotatable bonds is 22. The smallest absolute Gasteiger partial charge is 0.323 e. The Labute approximate surface area is 353 Å². The van der Waals surface area contributed by atoms with Gasteiger partial charge in [-0.15, -0.1) is 0 Å². The first kappa shape index (κ1) is 42.9. The van der Waals surface area contributed by atoms with Gasteiger partial charge in [0.25, 0.3) is 0 Å². The lowest BCUT2D eigenvalue weighted by Gasteiger charge is -2.44. The minimum absolute atomic E-state index is 0.184. The molecule has 0 aliphatic carbocycles. The molecule has 60 heavy (non-hydrogen) atoms. The molecule has 0 spiro atoms. The van der Waals surface area contributed by atoms with Crippen molar-refractivity contribution >= 4 is 16.7 Å². The van der Waals surface area contributed by atoms with Crippen LogP contribution >= 0.6 is 0 Å². The first-order valence-electron chi connectivity index (χ1n) is 20.9. The fraction of sp³-hybridized carbons (Fsp3) is 0.314. The maximum atomic E-state index is 13.3. The van der Waals surface area contributed by atoms with Crippen LogP contribution in [-0.4, -0.2) is 61.0 Å². The third-order valence-electron chi connectivity index (χ3n) is 10.6. The van der Waals surface area contributed by atoms with Gasteiger partial charge < -0.3 is 38.8 Å². The molecule has 1 aliphatic rings. The van der Waals surface area contributed by atoms with Gasteiger partial charge in [-0.3, -0.25) is 4.79 Å². The zero-order valence-corrected chi connectivity index (χ0v) is 33.9. The highest BCUT2D eigenvalue weighted by Crippen LogP contribution is 2.30. The number of aliphatic hydroxyl groups is 1. The highest BCUT2D eigenvalue weighted by atomic mass is 16.7. The maximum absolute atomic E-state index is 13.3. The highest BCUT2D eigenvalue weighted by molar-refractivity contribution is 5.83. The van der Waals surface area contributed by atoms with Gasteiger partial charge in [0.15, 0.2) is 6.29 Å². The van der Waals surface area contributed by atoms with Crippen LogP contribution in [0, 0.1) is 0 Å². The third-order valence-corrected chi connectivity index (χ3v) is 10.6. The van der Waals surface area contributed by atoms with Gasteiger partial charge >= 0.3 is 5.97 Å². The number of unbranched alkanes of at least 4 members (excludes halogenated alkanes) is 1. The van der Waals surface area contributed by atoms with E-state index in [1.807, 2.05) is 133 Å². The van der Waals surface area contributed by atoms with Gasteiger partial charge in [-0.1, -0.05) is 158 Å². The lowest BCUT2D eigenvalue weighted by molar-refractivity contribution is -0.319. The Hall–Kier alpha value is -5.23. The molecule has 1 saturated heterocycles. The number of hydrogen-bond donors (Lipinski definition) is 2. The number of benzene rings is 6. The Balaban J connectivity index is 1.00. The molecule has 6 aromatic carbocycles. The van der Waals surface area contributed by atoms with Crippen molar-refractivity contribution in [3.8, 4) is 0 Å². The number of fused-ring (bicyclic) bond motifs is 1. The summed E-state index contributed by atoms with van der Waals surface area (Å²) in [5.74, 6) is -0.298. The Morgan fingerprint density at radius 1 is 0.583 bits per heavy atom. The average Bonchev–Trinajstić information content (AvgIpc) is 3.30. The molecule has 0 amide bonds. The van der Waals surface area contributed by atoms with Crippen molar-refractivity contribution in [2.75, 3.05) is 13.2 Å². The summed E-state index contributed by atoms with van der Waals surface area (Å²) in [6, 6.07) is 53.5. The fourth-order valence-corrected chi connectivity index (χ4v) is 7.33. The number of hydrogen-bond acceptors (Lipinski definition) is 9. The van der Waals surface area contributed by atoms with Crippen molar-refractivity contribution < 1.29 is 38.3 Å². The fourth-order valence-electron chi connectivity index (χ4n) is 7.33. The molecule has 0 radical (unpaired) electrons. The number of aliphatic hydroxyl groups excluding tert-OH is 1. The number of carbonyl (C=O) groups is 1. The van der Waals surface area contributed by atoms with E-state index in [2.05, 4.69) is 35.6 Å². The van der Waals surface area contributed by atoms with Gasteiger partial charge in [0.2, 0.25) is 0 Å². The van der Waals surface area contributed by atoms with Crippen molar-refractivity contribution in [3.05, 3.63) is 192 Å². The molecule has 9 nitrogen and oxygen atoms in total. The van der Waals surface area contributed by atoms with E-state index in [4.69, 9.17) is 28.4 Å². The van der Waals surface area contributed by atoms with Crippen LogP contribution in [0.3, 0.4) is 0 Å². The van der Waals surface area contributed by atoms with E-state index in [9.17, 15) is 9.90 Å². The molecule has 1 aliphatic heterocycles. The predicted octanol–water partition coefficient (Wildman–Crippen LogP) is 8.70. The number of esters is 1. The summed E-state index contributed by atoms with van der Waals surface area (Å²) in [4.78, 5) is 13.3. The largest absolute Gasteiger partial charge is 0.460 e. The van der Waals surface area contributed by atoms with E-state index < -0.39 is 36.7 Å². The average molecular weight is 810 g/mol. The van der Waals surface area contributed by atoms with Crippen LogP contribution in [0.2, 0.25) is 0 Å². The summed E-state index contributed by atoms with van der Waals surface area (Å²) in [5.41, 5.74) is 5.01. The zero-order valence-electron chi connectivity index (χ0n) is 33.9. The minimum Gasteiger partial charge on any atom is -0.460 e. The quantitative estimate of drug-likeness (QED) is 0.0515. The van der Waals surface area contributed by atoms with E-state index in [1.165, 1.54) is 5.39 Å². The van der Waals surface area contributed by atoms with Crippen LogP contribution in [0.15, 0.2) is 164 Å². The summed E-state index contributed by atoms with van der Waals surface area (Å²) >= 11 is 0. The molecule has 1 unspecified atom stereocenters. The summed E-state index contributed by atoms with van der Waals surface area (Å²) in [6.07, 6.45) is -2.39. The number of nitrogens with one attached hydrogen (secondary N) is 1. The lowest BCUT2D eigenvalue weighted by Crippen LogP contribution is -2.61. The van der Waals surface area contributed by atoms with Gasteiger partial charge in [0.1, 0.15) is 37.1 Å². The second-order valence-electron chi connectivity index (χ2n) is 15.1. The van der Waals surface area contributed by atoms with Crippen LogP contribution in [0.5, 0.6) is 0 Å². The maximum Gasteiger partial charge on any atom is 0.323 e. The standard InChI is InChI=1S/C51H55NO8/c53-47-49(58-35-40-21-9-3-10-22-40)48(57-34-39-19-7-2-8-20-39)46(37-55-33-42-28-29-43-25-13-14-26-44(43)31-42)60-51(47)56-30-16-15-27-45(52-32-38-17-5-1-6-18-38)50(54)59-36-41-23-11-4-12-24-41/h1-14,17-26,28-29,31,45-49,51-53H,15-16,27,30,32-37H2/t45?,46-,47-,48-,49-,51-/m1/s1. The molecule has 0 aromatic heterocycles. The molecule has 1 fully saturated rings. The summed E-state index contributed by atoms with van der Waals surface area (Å²) < 4.78 is 38.0. The van der Waals surface area contributed by atoms with Gasteiger partial charge in [-0.25, -0.2) is 0 Å². The molecular formula is C51H55NO8. The summed E-state index contributed by atoms with van der Waals surface area (Å²) in [5, 5.41) is 17.6. The summed E-state index contributed by atoms with van der Waals surface area (Å²) in [6.45, 7) is 2.15. The van der Waals surface area contributed by atoms with Crippen molar-refractivity contribution in [1.29, 1.82) is 0 Å². The van der Waals surface area contributed by atoms with E-state index in [0.717, 1.165) is 33.2 Å². The van der Waals surface area contributed by atoms with E-state index in [-0.39, 0.29) is 32.4 Å². The first-order valence-corrected chi connectivity index (χ1v) is 20.9. The minimum atomic E-state index is -1.15. The Kier molecular flexibility index (Phi) is 16.4. The van der Waals surface area contributed by atoms with Crippen LogP contribution in [0.4, 0.5) is 0 Å². The Morgan fingerprint density at radius 2 is 1.15 bits per heavy atom. The monoisotopic (exact) mass is 809 g/mol. The topological polar surface area (TPSA) is 105 Å². The van der Waals surface area contributed by atoms with Crippen molar-refractivity contribution in [3.63, 3.8) is 0 Å².